The van der Waals surface area contributed by atoms with Gasteiger partial charge in [0.2, 0.25) is 0 Å². The third kappa shape index (κ3) is 3.77. The van der Waals surface area contributed by atoms with E-state index in [1.54, 1.807) is 5.56 Å². The van der Waals surface area contributed by atoms with Crippen molar-refractivity contribution in [1.82, 2.24) is 0 Å². The summed E-state index contributed by atoms with van der Waals surface area (Å²) < 4.78 is 0. The van der Waals surface area contributed by atoms with Crippen LogP contribution in [0.5, 0.6) is 0 Å². The molecule has 0 spiro atoms. The van der Waals surface area contributed by atoms with Crippen molar-refractivity contribution in [2.75, 3.05) is 11.9 Å². The van der Waals surface area contributed by atoms with E-state index in [9.17, 15) is 0 Å². The Hall–Kier alpha value is -0.980. The van der Waals surface area contributed by atoms with Gasteiger partial charge in [0, 0.05) is 18.2 Å². The molecular weight excluding hydrogens is 242 g/mol. The summed E-state index contributed by atoms with van der Waals surface area (Å²) in [5.74, 6) is 0.730. The fourth-order valence-electron chi connectivity index (χ4n) is 3.12. The zero-order valence-corrected chi connectivity index (χ0v) is 13.8. The summed E-state index contributed by atoms with van der Waals surface area (Å²) >= 11 is 0. The second kappa shape index (κ2) is 6.65. The fraction of sp³-hybridized carbons (Fsp3) is 0.684. The molecule has 0 aromatic heterocycles. The summed E-state index contributed by atoms with van der Waals surface area (Å²) in [4.78, 5) is 0. The number of anilines is 1. The van der Waals surface area contributed by atoms with Crippen molar-refractivity contribution >= 4 is 5.69 Å². The van der Waals surface area contributed by atoms with Crippen LogP contribution in [0.4, 0.5) is 5.69 Å². The minimum atomic E-state index is 0.253. The molecule has 1 aliphatic rings. The van der Waals surface area contributed by atoms with E-state index >= 15 is 0 Å². The lowest BCUT2D eigenvalue weighted by atomic mass is 9.84. The molecule has 1 unspecified atom stereocenters. The molecule has 1 nitrogen and oxygen atoms in total. The van der Waals surface area contributed by atoms with Crippen LogP contribution in [0.1, 0.15) is 83.3 Å². The van der Waals surface area contributed by atoms with E-state index in [0.717, 1.165) is 12.5 Å². The van der Waals surface area contributed by atoms with E-state index in [1.807, 2.05) is 0 Å². The highest BCUT2D eigenvalue weighted by atomic mass is 14.9. The van der Waals surface area contributed by atoms with Crippen LogP contribution in [0.2, 0.25) is 0 Å². The SMILES string of the molecule is CCCCCCCC1CNc2ccc(C(C)(C)C)cc21. The quantitative estimate of drug-likeness (QED) is 0.641. The van der Waals surface area contributed by atoms with Crippen molar-refractivity contribution in [2.24, 2.45) is 0 Å². The molecule has 0 bridgehead atoms. The van der Waals surface area contributed by atoms with E-state index in [0.29, 0.717) is 0 Å². The van der Waals surface area contributed by atoms with Gasteiger partial charge < -0.3 is 5.32 Å². The van der Waals surface area contributed by atoms with Gasteiger partial charge in [0.15, 0.2) is 0 Å². The number of unbranched alkanes of at least 4 members (excludes halogenated alkanes) is 4. The van der Waals surface area contributed by atoms with Crippen LogP contribution in [0.15, 0.2) is 18.2 Å². The Morgan fingerprint density at radius 1 is 1.10 bits per heavy atom. The Morgan fingerprint density at radius 2 is 1.85 bits per heavy atom. The predicted octanol–water partition coefficient (Wildman–Crippen LogP) is 5.85. The molecule has 112 valence electrons. The lowest BCUT2D eigenvalue weighted by Gasteiger charge is -2.21. The van der Waals surface area contributed by atoms with Crippen molar-refractivity contribution in [3.8, 4) is 0 Å². The fourth-order valence-corrected chi connectivity index (χ4v) is 3.12. The molecule has 0 saturated heterocycles. The molecule has 1 heterocycles. The summed E-state index contributed by atoms with van der Waals surface area (Å²) in [5.41, 5.74) is 4.66. The first-order chi connectivity index (χ1) is 9.52. The van der Waals surface area contributed by atoms with Crippen molar-refractivity contribution in [2.45, 2.75) is 77.6 Å². The maximum Gasteiger partial charge on any atom is 0.0376 e. The van der Waals surface area contributed by atoms with Crippen molar-refractivity contribution in [1.29, 1.82) is 0 Å². The topological polar surface area (TPSA) is 12.0 Å². The zero-order chi connectivity index (χ0) is 14.6. The highest BCUT2D eigenvalue weighted by molar-refractivity contribution is 5.59. The molecule has 20 heavy (non-hydrogen) atoms. The predicted molar refractivity (Wildman–Crippen MR) is 89.7 cm³/mol. The lowest BCUT2D eigenvalue weighted by Crippen LogP contribution is -2.11. The number of nitrogens with one attached hydrogen (secondary N) is 1. The first-order valence-electron chi connectivity index (χ1n) is 8.40. The van der Waals surface area contributed by atoms with Gasteiger partial charge in [-0.05, 0) is 29.0 Å². The van der Waals surface area contributed by atoms with Gasteiger partial charge in [0.05, 0.1) is 0 Å². The molecule has 2 rings (SSSR count). The Morgan fingerprint density at radius 3 is 2.55 bits per heavy atom. The van der Waals surface area contributed by atoms with Crippen molar-refractivity contribution < 1.29 is 0 Å². The molecule has 0 amide bonds. The summed E-state index contributed by atoms with van der Waals surface area (Å²) in [5, 5.41) is 3.58. The van der Waals surface area contributed by atoms with Gasteiger partial charge in [-0.3, -0.25) is 0 Å². The van der Waals surface area contributed by atoms with Gasteiger partial charge in [-0.15, -0.1) is 0 Å². The molecule has 0 aliphatic carbocycles. The summed E-state index contributed by atoms with van der Waals surface area (Å²) in [6.07, 6.45) is 8.27. The average Bonchev–Trinajstić information content (AvgIpc) is 2.80. The lowest BCUT2D eigenvalue weighted by molar-refractivity contribution is 0.562. The van der Waals surface area contributed by atoms with E-state index in [2.05, 4.69) is 51.2 Å². The zero-order valence-electron chi connectivity index (χ0n) is 13.8. The molecule has 1 N–H and O–H groups in total. The number of fused-ring (bicyclic) bond motifs is 1. The van der Waals surface area contributed by atoms with Gasteiger partial charge >= 0.3 is 0 Å². The van der Waals surface area contributed by atoms with Crippen LogP contribution in [-0.4, -0.2) is 6.54 Å². The van der Waals surface area contributed by atoms with Gasteiger partial charge in [-0.25, -0.2) is 0 Å². The summed E-state index contributed by atoms with van der Waals surface area (Å²) in [7, 11) is 0. The molecule has 0 radical (unpaired) electrons. The van der Waals surface area contributed by atoms with Crippen LogP contribution < -0.4 is 5.32 Å². The van der Waals surface area contributed by atoms with Crippen LogP contribution >= 0.6 is 0 Å². The molecule has 1 aromatic carbocycles. The van der Waals surface area contributed by atoms with Gasteiger partial charge in [0.1, 0.15) is 0 Å². The molecule has 1 heteroatoms. The molecule has 1 aromatic rings. The first kappa shape index (κ1) is 15.4. The van der Waals surface area contributed by atoms with E-state index in [1.165, 1.54) is 49.8 Å². The normalized spacial score (nSPS) is 17.9. The van der Waals surface area contributed by atoms with Crippen molar-refractivity contribution in [3.63, 3.8) is 0 Å². The smallest absolute Gasteiger partial charge is 0.0376 e. The molecule has 1 aliphatic heterocycles. The molecule has 0 saturated carbocycles. The minimum Gasteiger partial charge on any atom is -0.384 e. The van der Waals surface area contributed by atoms with E-state index in [4.69, 9.17) is 0 Å². The first-order valence-corrected chi connectivity index (χ1v) is 8.40. The van der Waals surface area contributed by atoms with Gasteiger partial charge in [0.25, 0.3) is 0 Å². The van der Waals surface area contributed by atoms with Crippen molar-refractivity contribution in [3.05, 3.63) is 29.3 Å². The maximum absolute atomic E-state index is 3.58. The summed E-state index contributed by atoms with van der Waals surface area (Å²) in [6, 6.07) is 7.02. The monoisotopic (exact) mass is 273 g/mol. The molecule has 1 atom stereocenters. The highest BCUT2D eigenvalue weighted by Crippen LogP contribution is 2.37. The van der Waals surface area contributed by atoms with Gasteiger partial charge in [-0.2, -0.15) is 0 Å². The highest BCUT2D eigenvalue weighted by Gasteiger charge is 2.24. The van der Waals surface area contributed by atoms with Crippen LogP contribution in [0.3, 0.4) is 0 Å². The van der Waals surface area contributed by atoms with E-state index in [-0.39, 0.29) is 5.41 Å². The number of hydrogen-bond acceptors (Lipinski definition) is 1. The van der Waals surface area contributed by atoms with Crippen LogP contribution in [-0.2, 0) is 5.41 Å². The number of rotatable bonds is 6. The minimum absolute atomic E-state index is 0.253. The third-order valence-corrected chi connectivity index (χ3v) is 4.55. The standard InChI is InChI=1S/C19H31N/c1-5-6-7-8-9-10-15-14-20-18-12-11-16(13-17(15)18)19(2,3)4/h11-13,15,20H,5-10,14H2,1-4H3. The molecule has 0 fully saturated rings. The molecular formula is C19H31N. The summed E-state index contributed by atoms with van der Waals surface area (Å²) in [6.45, 7) is 10.3. The Bertz CT molecular complexity index is 428. The van der Waals surface area contributed by atoms with Crippen LogP contribution in [0, 0.1) is 0 Å². The largest absolute Gasteiger partial charge is 0.384 e. The second-order valence-electron chi connectivity index (χ2n) is 7.33. The Kier molecular flexibility index (Phi) is 5.12. The number of benzene rings is 1. The maximum atomic E-state index is 3.58. The van der Waals surface area contributed by atoms with E-state index < -0.39 is 0 Å². The Labute approximate surface area is 125 Å². The third-order valence-electron chi connectivity index (χ3n) is 4.55. The Balaban J connectivity index is 1.96. The average molecular weight is 273 g/mol. The second-order valence-corrected chi connectivity index (χ2v) is 7.33. The van der Waals surface area contributed by atoms with Gasteiger partial charge in [-0.1, -0.05) is 71.9 Å². The van der Waals surface area contributed by atoms with Crippen LogP contribution in [0.25, 0.3) is 0 Å². The number of hydrogen-bond donors (Lipinski definition) is 1.